The molecular weight excluding hydrogens is 608 g/mol. The van der Waals surface area contributed by atoms with Crippen molar-refractivity contribution in [2.24, 2.45) is 0 Å². The van der Waals surface area contributed by atoms with Crippen molar-refractivity contribution in [1.82, 2.24) is 20.9 Å². The number of rotatable bonds is 9. The fraction of sp³-hybridized carbons (Fsp3) is 0.242. The van der Waals surface area contributed by atoms with Crippen LogP contribution in [0.15, 0.2) is 72.9 Å². The Labute approximate surface area is 268 Å². The van der Waals surface area contributed by atoms with Crippen LogP contribution in [-0.2, 0) is 4.79 Å². The summed E-state index contributed by atoms with van der Waals surface area (Å²) in [6, 6.07) is 16.3. The Bertz CT molecular complexity index is 1830. The van der Waals surface area contributed by atoms with Crippen LogP contribution in [0.3, 0.4) is 0 Å². The van der Waals surface area contributed by atoms with Gasteiger partial charge in [0, 0.05) is 30.9 Å². The molecule has 1 fully saturated rings. The number of benzene rings is 2. The molecule has 1 aliphatic heterocycles. The SMILES string of the molecule is Cc1cc(Oc2ccccc2)ccc1N1C(=O)Nc2c(C(=O)N[C@H]3CC[C@H](NC(=O)/C=C/CNC(=O)O)CC3)sc3nccc1c23. The first-order chi connectivity index (χ1) is 22.3. The Hall–Kier alpha value is -5.43. The Morgan fingerprint density at radius 1 is 1.02 bits per heavy atom. The summed E-state index contributed by atoms with van der Waals surface area (Å²) < 4.78 is 5.97. The lowest BCUT2D eigenvalue weighted by molar-refractivity contribution is -0.117. The first-order valence-electron chi connectivity index (χ1n) is 14.9. The second-order valence-electron chi connectivity index (χ2n) is 11.1. The maximum atomic E-state index is 13.6. The molecule has 0 spiro atoms. The van der Waals surface area contributed by atoms with Crippen molar-refractivity contribution >= 4 is 62.6 Å². The molecule has 12 nitrogen and oxygen atoms in total. The fourth-order valence-electron chi connectivity index (χ4n) is 5.74. The number of carboxylic acid groups (broad SMARTS) is 1. The van der Waals surface area contributed by atoms with Crippen LogP contribution >= 0.6 is 11.3 Å². The number of aromatic nitrogens is 1. The zero-order valence-corrected chi connectivity index (χ0v) is 25.7. The van der Waals surface area contributed by atoms with Crippen molar-refractivity contribution in [1.29, 1.82) is 0 Å². The van der Waals surface area contributed by atoms with E-state index in [9.17, 15) is 19.2 Å². The fourth-order valence-corrected chi connectivity index (χ4v) is 6.77. The van der Waals surface area contributed by atoms with Crippen LogP contribution in [0.4, 0.5) is 26.7 Å². The van der Waals surface area contributed by atoms with E-state index in [0.717, 1.165) is 5.56 Å². The minimum atomic E-state index is -1.15. The number of hydrogen-bond acceptors (Lipinski definition) is 7. The predicted molar refractivity (Wildman–Crippen MR) is 175 cm³/mol. The molecule has 5 amide bonds. The Morgan fingerprint density at radius 2 is 1.76 bits per heavy atom. The molecule has 0 radical (unpaired) electrons. The molecule has 236 valence electrons. The van der Waals surface area contributed by atoms with Gasteiger partial charge < -0.3 is 31.1 Å². The minimum Gasteiger partial charge on any atom is -0.465 e. The smallest absolute Gasteiger partial charge is 0.404 e. The van der Waals surface area contributed by atoms with Gasteiger partial charge in [-0.25, -0.2) is 14.6 Å². The Morgan fingerprint density at radius 3 is 2.48 bits per heavy atom. The largest absolute Gasteiger partial charge is 0.465 e. The van der Waals surface area contributed by atoms with E-state index in [1.54, 1.807) is 17.2 Å². The predicted octanol–water partition coefficient (Wildman–Crippen LogP) is 6.06. The third-order valence-corrected chi connectivity index (χ3v) is 8.99. The number of nitrogens with zero attached hydrogens (tertiary/aromatic N) is 2. The number of para-hydroxylation sites is 1. The summed E-state index contributed by atoms with van der Waals surface area (Å²) in [7, 11) is 0. The lowest BCUT2D eigenvalue weighted by Gasteiger charge is -2.30. The third-order valence-electron chi connectivity index (χ3n) is 7.89. The van der Waals surface area contributed by atoms with Gasteiger partial charge in [0.15, 0.2) is 0 Å². The van der Waals surface area contributed by atoms with Crippen LogP contribution in [-0.4, -0.2) is 52.7 Å². The van der Waals surface area contributed by atoms with Crippen molar-refractivity contribution in [3.05, 3.63) is 83.4 Å². The van der Waals surface area contributed by atoms with Gasteiger partial charge in [-0.05, 0) is 74.6 Å². The van der Waals surface area contributed by atoms with Crippen molar-refractivity contribution in [3.63, 3.8) is 0 Å². The van der Waals surface area contributed by atoms with Gasteiger partial charge in [-0.1, -0.05) is 24.3 Å². The number of carbonyl (C=O) groups is 4. The van der Waals surface area contributed by atoms with Crippen molar-refractivity contribution in [2.45, 2.75) is 44.7 Å². The molecule has 2 aromatic heterocycles. The van der Waals surface area contributed by atoms with E-state index in [1.165, 1.54) is 23.5 Å². The molecule has 0 saturated heterocycles. The number of thiophene rings is 1. The normalized spacial score (nSPS) is 17.4. The van der Waals surface area contributed by atoms with E-state index in [1.807, 2.05) is 55.5 Å². The van der Waals surface area contributed by atoms with E-state index in [0.29, 0.717) is 69.3 Å². The highest BCUT2D eigenvalue weighted by Gasteiger charge is 2.34. The molecule has 46 heavy (non-hydrogen) atoms. The zero-order valence-electron chi connectivity index (χ0n) is 24.9. The first kappa shape index (κ1) is 30.6. The van der Waals surface area contributed by atoms with Gasteiger partial charge in [0.2, 0.25) is 5.91 Å². The van der Waals surface area contributed by atoms with Crippen molar-refractivity contribution in [3.8, 4) is 11.5 Å². The molecule has 2 aromatic carbocycles. The molecule has 0 bridgehead atoms. The van der Waals surface area contributed by atoms with Crippen LogP contribution in [0.2, 0.25) is 0 Å². The average Bonchev–Trinajstić information content (AvgIpc) is 3.41. The molecule has 6 rings (SSSR count). The molecule has 2 aliphatic rings. The van der Waals surface area contributed by atoms with Crippen LogP contribution in [0.1, 0.15) is 40.9 Å². The number of urea groups is 1. The molecule has 5 N–H and O–H groups in total. The molecule has 0 atom stereocenters. The van der Waals surface area contributed by atoms with Gasteiger partial charge in [-0.15, -0.1) is 11.3 Å². The van der Waals surface area contributed by atoms with E-state index in [-0.39, 0.29) is 36.5 Å². The standard InChI is InChI=1S/C33H32N6O6S/c1-19-18-23(45-22-6-3-2-4-7-22)13-14-24(19)39-25-15-17-34-31-27(25)28(38-32(39)42)29(46-31)30(41)37-21-11-9-20(10-12-21)36-26(40)8-5-16-35-33(43)44/h2-8,13-15,17-18,20-21,35H,9-12,16H2,1H3,(H,36,40)(H,37,41)(H,38,42)(H,43,44)/b8-5+/t20-,21-. The van der Waals surface area contributed by atoms with Gasteiger partial charge in [-0.2, -0.15) is 0 Å². The maximum Gasteiger partial charge on any atom is 0.404 e. The summed E-state index contributed by atoms with van der Waals surface area (Å²) >= 11 is 1.24. The van der Waals surface area contributed by atoms with Crippen molar-refractivity contribution in [2.75, 3.05) is 16.8 Å². The maximum absolute atomic E-state index is 13.6. The summed E-state index contributed by atoms with van der Waals surface area (Å²) in [5.41, 5.74) is 2.62. The topological polar surface area (TPSA) is 162 Å². The van der Waals surface area contributed by atoms with E-state index in [4.69, 9.17) is 9.84 Å². The minimum absolute atomic E-state index is 0.0392. The highest BCUT2D eigenvalue weighted by atomic mass is 32.1. The van der Waals surface area contributed by atoms with Crippen molar-refractivity contribution < 1.29 is 29.0 Å². The number of hydrogen-bond donors (Lipinski definition) is 5. The molecule has 0 unspecified atom stereocenters. The van der Waals surface area contributed by atoms with Crippen LogP contribution in [0.5, 0.6) is 11.5 Å². The Kier molecular flexibility index (Phi) is 8.83. The molecule has 4 aromatic rings. The molecule has 1 saturated carbocycles. The summed E-state index contributed by atoms with van der Waals surface area (Å²) in [5, 5.41) is 20.5. The number of ether oxygens (including phenoxy) is 1. The van der Waals surface area contributed by atoms with Gasteiger partial charge in [-0.3, -0.25) is 14.5 Å². The van der Waals surface area contributed by atoms with E-state index >= 15 is 0 Å². The lowest BCUT2D eigenvalue weighted by atomic mass is 9.91. The molecule has 1 aliphatic carbocycles. The van der Waals surface area contributed by atoms with Crippen LogP contribution in [0.25, 0.3) is 10.2 Å². The second kappa shape index (κ2) is 13.3. The summed E-state index contributed by atoms with van der Waals surface area (Å²) in [5.74, 6) is 0.798. The number of carbonyl (C=O) groups excluding carboxylic acids is 3. The number of pyridine rings is 1. The average molecular weight is 641 g/mol. The lowest BCUT2D eigenvalue weighted by Crippen LogP contribution is -2.43. The number of nitrogens with one attached hydrogen (secondary N) is 4. The highest BCUT2D eigenvalue weighted by Crippen LogP contribution is 2.46. The van der Waals surface area contributed by atoms with Crippen LogP contribution < -0.4 is 30.9 Å². The van der Waals surface area contributed by atoms with Gasteiger partial charge in [0.25, 0.3) is 5.91 Å². The zero-order chi connectivity index (χ0) is 32.2. The summed E-state index contributed by atoms with van der Waals surface area (Å²) in [6.45, 7) is 1.96. The van der Waals surface area contributed by atoms with Crippen LogP contribution in [0, 0.1) is 6.92 Å². The highest BCUT2D eigenvalue weighted by molar-refractivity contribution is 7.21. The molecular formula is C33H32N6O6S. The van der Waals surface area contributed by atoms with Gasteiger partial charge >= 0.3 is 12.1 Å². The van der Waals surface area contributed by atoms with E-state index < -0.39 is 6.09 Å². The summed E-state index contributed by atoms with van der Waals surface area (Å²) in [6.07, 6.45) is 5.96. The second-order valence-corrected chi connectivity index (χ2v) is 12.1. The van der Waals surface area contributed by atoms with E-state index in [2.05, 4.69) is 26.3 Å². The summed E-state index contributed by atoms with van der Waals surface area (Å²) in [4.78, 5) is 56.9. The molecule has 13 heteroatoms. The van der Waals surface area contributed by atoms with Gasteiger partial charge in [0.05, 0.1) is 22.4 Å². The molecule has 3 heterocycles. The third kappa shape index (κ3) is 6.64. The van der Waals surface area contributed by atoms with Gasteiger partial charge in [0.1, 0.15) is 21.2 Å². The first-order valence-corrected chi connectivity index (χ1v) is 15.7. The number of amides is 5. The quantitative estimate of drug-likeness (QED) is 0.139. The Balaban J connectivity index is 1.13. The number of aryl methyl sites for hydroxylation is 1. The monoisotopic (exact) mass is 640 g/mol. The number of anilines is 3.